The minimum atomic E-state index is -1.28. The Morgan fingerprint density at radius 2 is 0.800 bits per heavy atom. The minimum absolute atomic E-state index is 0.0203. The maximum Gasteiger partial charge on any atom is 0.123 e. The van der Waals surface area contributed by atoms with Crippen LogP contribution < -0.4 is 20.0 Å². The number of phenolic OH excluding ortho intramolecular Hbond substituents is 2. The van der Waals surface area contributed by atoms with Crippen LogP contribution in [0.5, 0.6) is 11.5 Å². The predicted octanol–water partition coefficient (Wildman–Crippen LogP) is 8.30. The first-order chi connectivity index (χ1) is 24.4. The van der Waals surface area contributed by atoms with E-state index in [0.717, 1.165) is 101 Å². The molecule has 0 saturated heterocycles. The molecule has 2 N–H and O–H groups in total. The summed E-state index contributed by atoms with van der Waals surface area (Å²) in [6.45, 7) is 12.1. The predicted molar refractivity (Wildman–Crippen MR) is 205 cm³/mol. The lowest BCUT2D eigenvalue weighted by atomic mass is 9.60. The molecule has 0 spiro atoms. The van der Waals surface area contributed by atoms with Gasteiger partial charge in [0.25, 0.3) is 0 Å². The highest BCUT2D eigenvalue weighted by atomic mass is 16.3. The molecule has 0 amide bonds. The van der Waals surface area contributed by atoms with E-state index in [0.29, 0.717) is 16.3 Å². The van der Waals surface area contributed by atoms with Crippen molar-refractivity contribution in [3.63, 3.8) is 0 Å². The van der Waals surface area contributed by atoms with Gasteiger partial charge in [0.1, 0.15) is 11.5 Å². The van der Waals surface area contributed by atoms with Crippen molar-refractivity contribution >= 4 is 54.5 Å². The number of nitrogens with zero attached hydrogens (tertiary/aromatic N) is 2. The minimum Gasteiger partial charge on any atom is -0.851 e. The van der Waals surface area contributed by atoms with Crippen LogP contribution in [0.25, 0.3) is 43.1 Å². The standard InChI is InChI=1S/C44H48N2O4/c1-5-23-45(24-6-2)41-29-17-11-9-15-27(29)35(28-16-10-12-18-30(28)41)39-43(49)40(44(39)50)38-36-31(19-13-21-33(36)47)42(46(25-7-3)26-8-4)32-20-14-22-34(48)37(32)38/h9-22,39-40,43-44,47-48H,5-8,23-26H2,1-4H3/q-2. The number of aromatic hydroxyl groups is 2. The molecule has 6 heteroatoms. The summed E-state index contributed by atoms with van der Waals surface area (Å²) in [7, 11) is 0. The Bertz CT molecular complexity index is 2040. The lowest BCUT2D eigenvalue weighted by Gasteiger charge is -2.62. The Kier molecular flexibility index (Phi) is 9.51. The van der Waals surface area contributed by atoms with E-state index in [9.17, 15) is 20.4 Å². The number of phenols is 2. The Hall–Kier alpha value is -4.52. The van der Waals surface area contributed by atoms with E-state index >= 15 is 0 Å². The summed E-state index contributed by atoms with van der Waals surface area (Å²) in [4.78, 5) is 4.76. The molecular weight excluding hydrogens is 620 g/mol. The van der Waals surface area contributed by atoms with Gasteiger partial charge >= 0.3 is 0 Å². The molecule has 1 fully saturated rings. The van der Waals surface area contributed by atoms with Crippen LogP contribution in [0, 0.1) is 0 Å². The summed E-state index contributed by atoms with van der Waals surface area (Å²) in [6.07, 6.45) is 1.30. The molecule has 1 aliphatic rings. The average Bonchev–Trinajstić information content (AvgIpc) is 3.11. The molecule has 2 atom stereocenters. The molecule has 0 radical (unpaired) electrons. The topological polar surface area (TPSA) is 93.1 Å². The highest BCUT2D eigenvalue weighted by Crippen LogP contribution is 2.56. The highest BCUT2D eigenvalue weighted by Gasteiger charge is 2.43. The summed E-state index contributed by atoms with van der Waals surface area (Å²) in [5.41, 5.74) is 3.38. The molecule has 260 valence electrons. The fraction of sp³-hybridized carbons (Fsp3) is 0.364. The largest absolute Gasteiger partial charge is 0.851 e. The molecule has 0 heterocycles. The van der Waals surface area contributed by atoms with E-state index < -0.39 is 24.0 Å². The zero-order chi connectivity index (χ0) is 35.1. The third-order valence-corrected chi connectivity index (χ3v) is 10.8. The zero-order valence-electron chi connectivity index (χ0n) is 29.7. The monoisotopic (exact) mass is 668 g/mol. The maximum absolute atomic E-state index is 14.9. The van der Waals surface area contributed by atoms with Gasteiger partial charge in [-0.3, -0.25) is 0 Å². The van der Waals surface area contributed by atoms with Gasteiger partial charge in [-0.2, -0.15) is 0 Å². The van der Waals surface area contributed by atoms with Crippen LogP contribution in [0.2, 0.25) is 0 Å². The summed E-state index contributed by atoms with van der Waals surface area (Å²) in [5.74, 6) is -1.72. The first kappa shape index (κ1) is 34.0. The average molecular weight is 669 g/mol. The number of fused-ring (bicyclic) bond motifs is 4. The smallest absolute Gasteiger partial charge is 0.123 e. The van der Waals surface area contributed by atoms with E-state index in [1.165, 1.54) is 0 Å². The normalized spacial score (nSPS) is 19.0. The second kappa shape index (κ2) is 14.0. The van der Waals surface area contributed by atoms with Crippen molar-refractivity contribution in [3.05, 3.63) is 96.1 Å². The SMILES string of the molecule is CCCN(CCC)c1c2ccccc2c(C2C([O-])C(c3c4c(O)cccc4c(N(CCC)CCC)c4cccc(O)c34)C2[O-])c2ccccc12. The first-order valence-electron chi connectivity index (χ1n) is 18.5. The van der Waals surface area contributed by atoms with Crippen molar-refractivity contribution in [2.45, 2.75) is 77.4 Å². The molecule has 7 rings (SSSR count). The maximum atomic E-state index is 14.9. The molecule has 1 aliphatic carbocycles. The van der Waals surface area contributed by atoms with E-state index in [4.69, 9.17) is 0 Å². The van der Waals surface area contributed by atoms with Crippen LogP contribution in [0.1, 0.15) is 76.3 Å². The van der Waals surface area contributed by atoms with E-state index in [1.54, 1.807) is 12.1 Å². The fourth-order valence-electron chi connectivity index (χ4n) is 8.91. The number of hydrogen-bond donors (Lipinski definition) is 2. The molecule has 6 aromatic carbocycles. The molecule has 1 saturated carbocycles. The molecule has 6 nitrogen and oxygen atoms in total. The van der Waals surface area contributed by atoms with Crippen LogP contribution in [-0.2, 0) is 0 Å². The van der Waals surface area contributed by atoms with Gasteiger partial charge in [0.2, 0.25) is 0 Å². The Labute approximate surface area is 295 Å². The van der Waals surface area contributed by atoms with Crippen LogP contribution in [0.15, 0.2) is 84.9 Å². The number of hydrogen-bond acceptors (Lipinski definition) is 6. The van der Waals surface area contributed by atoms with Crippen molar-refractivity contribution in [2.24, 2.45) is 0 Å². The quantitative estimate of drug-likeness (QED) is 0.128. The first-order valence-corrected chi connectivity index (χ1v) is 18.5. The number of rotatable bonds is 12. The summed E-state index contributed by atoms with van der Waals surface area (Å²) < 4.78 is 0. The van der Waals surface area contributed by atoms with E-state index in [2.05, 4.69) is 61.8 Å². The van der Waals surface area contributed by atoms with Crippen LogP contribution in [-0.4, -0.2) is 48.6 Å². The van der Waals surface area contributed by atoms with Crippen molar-refractivity contribution in [1.82, 2.24) is 0 Å². The van der Waals surface area contributed by atoms with Crippen molar-refractivity contribution in [1.29, 1.82) is 0 Å². The Morgan fingerprint density at radius 3 is 1.20 bits per heavy atom. The van der Waals surface area contributed by atoms with Crippen molar-refractivity contribution in [2.75, 3.05) is 36.0 Å². The van der Waals surface area contributed by atoms with E-state index in [1.807, 2.05) is 48.5 Å². The van der Waals surface area contributed by atoms with Gasteiger partial charge in [0.05, 0.1) is 11.4 Å². The lowest BCUT2D eigenvalue weighted by Crippen LogP contribution is -2.63. The number of anilines is 2. The molecular formula is C44H48N2O4-2. The van der Waals surface area contributed by atoms with Crippen LogP contribution >= 0.6 is 0 Å². The van der Waals surface area contributed by atoms with Gasteiger partial charge in [-0.1, -0.05) is 100 Å². The van der Waals surface area contributed by atoms with Crippen LogP contribution in [0.3, 0.4) is 0 Å². The molecule has 50 heavy (non-hydrogen) atoms. The Morgan fingerprint density at radius 1 is 0.460 bits per heavy atom. The molecule has 2 unspecified atom stereocenters. The van der Waals surface area contributed by atoms with Crippen molar-refractivity contribution < 1.29 is 20.4 Å². The fourth-order valence-corrected chi connectivity index (χ4v) is 8.91. The second-order valence-corrected chi connectivity index (χ2v) is 14.0. The third kappa shape index (κ3) is 5.32. The van der Waals surface area contributed by atoms with Crippen LogP contribution in [0.4, 0.5) is 11.4 Å². The summed E-state index contributed by atoms with van der Waals surface area (Å²) in [6, 6.07) is 27.3. The van der Waals surface area contributed by atoms with E-state index in [-0.39, 0.29) is 11.5 Å². The van der Waals surface area contributed by atoms with Gasteiger partial charge in [0.15, 0.2) is 0 Å². The zero-order valence-corrected chi connectivity index (χ0v) is 29.7. The second-order valence-electron chi connectivity index (χ2n) is 14.0. The molecule has 0 bridgehead atoms. The summed E-state index contributed by atoms with van der Waals surface area (Å²) in [5, 5.41) is 59.5. The third-order valence-electron chi connectivity index (χ3n) is 10.8. The molecule has 0 aromatic heterocycles. The van der Waals surface area contributed by atoms with Gasteiger partial charge in [0, 0.05) is 58.5 Å². The van der Waals surface area contributed by atoms with Gasteiger partial charge in [-0.05, 0) is 71.6 Å². The lowest BCUT2D eigenvalue weighted by molar-refractivity contribution is -0.535. The van der Waals surface area contributed by atoms with Gasteiger partial charge in [-0.15, -0.1) is 12.2 Å². The van der Waals surface area contributed by atoms with Gasteiger partial charge < -0.3 is 30.2 Å². The molecule has 0 aliphatic heterocycles. The number of benzene rings is 6. The Balaban J connectivity index is 1.46. The van der Waals surface area contributed by atoms with Gasteiger partial charge in [-0.25, -0.2) is 0 Å². The highest BCUT2D eigenvalue weighted by molar-refractivity contribution is 6.18. The van der Waals surface area contributed by atoms with Crippen molar-refractivity contribution in [3.8, 4) is 11.5 Å². The summed E-state index contributed by atoms with van der Waals surface area (Å²) >= 11 is 0. The molecule has 6 aromatic rings.